The zero-order chi connectivity index (χ0) is 24.3. The van der Waals surface area contributed by atoms with E-state index in [0.717, 1.165) is 11.9 Å². The van der Waals surface area contributed by atoms with E-state index in [2.05, 4.69) is 15.7 Å². The van der Waals surface area contributed by atoms with Crippen molar-refractivity contribution in [1.82, 2.24) is 14.9 Å². The molecule has 0 unspecified atom stereocenters. The maximum atomic E-state index is 11.0. The number of ether oxygens (including phenoxy) is 2. The fourth-order valence-electron chi connectivity index (χ4n) is 2.58. The number of hydrogen-bond acceptors (Lipinski definition) is 10. The Kier molecular flexibility index (Phi) is 11.3. The van der Waals surface area contributed by atoms with Crippen LogP contribution in [-0.4, -0.2) is 61.8 Å². The summed E-state index contributed by atoms with van der Waals surface area (Å²) < 4.78 is 10.7. The van der Waals surface area contributed by atoms with E-state index in [1.165, 1.54) is 18.4 Å². The first-order valence-corrected chi connectivity index (χ1v) is 10.9. The van der Waals surface area contributed by atoms with Crippen molar-refractivity contribution in [3.05, 3.63) is 52.0 Å². The smallest absolute Gasteiger partial charge is 0.231 e. The maximum Gasteiger partial charge on any atom is 0.231 e. The minimum absolute atomic E-state index is 0.0796. The second-order valence-corrected chi connectivity index (χ2v) is 7.60. The van der Waals surface area contributed by atoms with Crippen LogP contribution in [0.1, 0.15) is 35.6 Å². The maximum absolute atomic E-state index is 11.0. The Morgan fingerprint density at radius 2 is 1.78 bits per heavy atom. The van der Waals surface area contributed by atoms with Gasteiger partial charge in [0.15, 0.2) is 17.8 Å². The molecule has 0 aromatic carbocycles. The quantitative estimate of drug-likeness (QED) is 0.468. The summed E-state index contributed by atoms with van der Waals surface area (Å²) in [6, 6.07) is 1.69. The van der Waals surface area contributed by atoms with E-state index >= 15 is 0 Å². The first-order chi connectivity index (χ1) is 15.4. The molecule has 10 heteroatoms. The van der Waals surface area contributed by atoms with Crippen molar-refractivity contribution in [2.45, 2.75) is 20.3 Å². The average Bonchev–Trinajstić information content (AvgIpc) is 3.36. The molecule has 1 saturated heterocycles. The largest absolute Gasteiger partial charge is 0.454 e. The molecule has 1 fully saturated rings. The van der Waals surface area contributed by atoms with E-state index in [1.54, 1.807) is 12.1 Å². The van der Waals surface area contributed by atoms with Gasteiger partial charge in [0.05, 0.1) is 10.6 Å². The zero-order valence-corrected chi connectivity index (χ0v) is 20.2. The first kappa shape index (κ1) is 27.0. The van der Waals surface area contributed by atoms with E-state index in [4.69, 9.17) is 20.6 Å². The summed E-state index contributed by atoms with van der Waals surface area (Å²) >= 11 is 1.23. The van der Waals surface area contributed by atoms with Gasteiger partial charge in [-0.3, -0.25) is 10.2 Å². The molecule has 0 atom stereocenters. The number of hydrogen-bond donors (Lipinski definition) is 3. The zero-order valence-electron chi connectivity index (χ0n) is 19.4. The van der Waals surface area contributed by atoms with Gasteiger partial charge in [0.25, 0.3) is 0 Å². The van der Waals surface area contributed by atoms with Crippen molar-refractivity contribution in [3.8, 4) is 0 Å². The fourth-order valence-corrected chi connectivity index (χ4v) is 3.43. The number of aldehydes is 1. The Labute approximate surface area is 192 Å². The van der Waals surface area contributed by atoms with Crippen molar-refractivity contribution in [2.24, 2.45) is 5.73 Å². The SMILES string of the molecule is CC.CN.CN(C)C.N=C(C1=CC=C2OCOC2=CC1)c1nc(N)nc2sc(C=O)cc12. The molecule has 0 saturated carbocycles. The summed E-state index contributed by atoms with van der Waals surface area (Å²) in [4.78, 5) is 22.5. The molecule has 1 aliphatic carbocycles. The van der Waals surface area contributed by atoms with Crippen LogP contribution in [0.15, 0.2) is 41.4 Å². The van der Waals surface area contributed by atoms with E-state index in [1.807, 2.05) is 52.0 Å². The van der Waals surface area contributed by atoms with Gasteiger partial charge >= 0.3 is 0 Å². The molecule has 0 radical (unpaired) electrons. The van der Waals surface area contributed by atoms with Crippen LogP contribution in [0.4, 0.5) is 5.95 Å². The monoisotopic (exact) mass is 460 g/mol. The number of nitrogens with one attached hydrogen (secondary N) is 1. The number of nitrogens with two attached hydrogens (primary N) is 2. The Bertz CT molecular complexity index is 1020. The summed E-state index contributed by atoms with van der Waals surface area (Å²) in [5, 5.41) is 9.19. The molecule has 32 heavy (non-hydrogen) atoms. The third kappa shape index (κ3) is 6.98. The van der Waals surface area contributed by atoms with Crippen LogP contribution in [0.5, 0.6) is 0 Å². The van der Waals surface area contributed by atoms with E-state index in [0.29, 0.717) is 38.7 Å². The van der Waals surface area contributed by atoms with E-state index in [-0.39, 0.29) is 18.5 Å². The van der Waals surface area contributed by atoms with Crippen LogP contribution in [0.25, 0.3) is 10.2 Å². The predicted octanol–water partition coefficient (Wildman–Crippen LogP) is 3.33. The first-order valence-electron chi connectivity index (χ1n) is 10.1. The molecular formula is C22H32N6O3S. The number of rotatable bonds is 3. The summed E-state index contributed by atoms with van der Waals surface area (Å²) in [6.07, 6.45) is 6.73. The molecule has 1 aliphatic heterocycles. The molecule has 3 heterocycles. The highest BCUT2D eigenvalue weighted by Gasteiger charge is 2.21. The van der Waals surface area contributed by atoms with Crippen LogP contribution in [0, 0.1) is 5.41 Å². The Morgan fingerprint density at radius 1 is 1.16 bits per heavy atom. The number of nitrogens with zero attached hydrogens (tertiary/aromatic N) is 3. The molecule has 0 bridgehead atoms. The van der Waals surface area contributed by atoms with Gasteiger partial charge in [-0.25, -0.2) is 9.97 Å². The second-order valence-electron chi connectivity index (χ2n) is 6.53. The third-order valence-electron chi connectivity index (χ3n) is 3.72. The molecule has 2 aromatic heterocycles. The standard InChI is InChI=1S/C16H12N4O3S.C3H9N.C2H6.CH5N/c17-13(8-1-3-11-12(4-2-8)23-7-22-11)14-10-5-9(6-21)24-15(10)20-16(18)19-14;1-4(2)3;2*1-2/h1,3-6,17H,2,7H2,(H2,18,19,20);1-3H3;1-2H3;2H2,1H3. The third-order valence-corrected chi connectivity index (χ3v) is 4.67. The average molecular weight is 461 g/mol. The van der Waals surface area contributed by atoms with Gasteiger partial charge in [-0.05, 0) is 58.4 Å². The molecule has 4 rings (SSSR count). The fraction of sp³-hybridized carbons (Fsp3) is 0.364. The number of thiophene rings is 1. The summed E-state index contributed by atoms with van der Waals surface area (Å²) in [5.41, 5.74) is 11.7. The van der Waals surface area contributed by atoms with Crippen LogP contribution in [0.3, 0.4) is 0 Å². The number of aromatic nitrogens is 2. The predicted molar refractivity (Wildman–Crippen MR) is 131 cm³/mol. The molecule has 2 aliphatic rings. The minimum atomic E-state index is 0.0796. The van der Waals surface area contributed by atoms with Gasteiger partial charge in [0.2, 0.25) is 12.7 Å². The number of carbonyl (C=O) groups is 1. The van der Waals surface area contributed by atoms with Crippen molar-refractivity contribution in [3.63, 3.8) is 0 Å². The lowest BCUT2D eigenvalue weighted by Gasteiger charge is -2.08. The lowest BCUT2D eigenvalue weighted by molar-refractivity contribution is 0.0974. The van der Waals surface area contributed by atoms with Crippen LogP contribution in [-0.2, 0) is 9.47 Å². The normalized spacial score (nSPS) is 13.7. The molecule has 0 amide bonds. The summed E-state index contributed by atoms with van der Waals surface area (Å²) in [7, 11) is 7.50. The van der Waals surface area contributed by atoms with Crippen molar-refractivity contribution in [1.29, 1.82) is 5.41 Å². The number of anilines is 1. The van der Waals surface area contributed by atoms with Gasteiger partial charge in [-0.1, -0.05) is 19.9 Å². The molecule has 2 aromatic rings. The van der Waals surface area contributed by atoms with Gasteiger partial charge < -0.3 is 25.8 Å². The Morgan fingerprint density at radius 3 is 2.41 bits per heavy atom. The number of nitrogen functional groups attached to an aromatic ring is 1. The van der Waals surface area contributed by atoms with Gasteiger partial charge in [0.1, 0.15) is 10.5 Å². The van der Waals surface area contributed by atoms with Gasteiger partial charge in [-0.15, -0.1) is 11.3 Å². The lowest BCUT2D eigenvalue weighted by Crippen LogP contribution is -2.09. The Balaban J connectivity index is 0.000000568. The highest BCUT2D eigenvalue weighted by molar-refractivity contribution is 7.20. The lowest BCUT2D eigenvalue weighted by atomic mass is 10.0. The Hall–Kier alpha value is -3.08. The summed E-state index contributed by atoms with van der Waals surface area (Å²) in [5.74, 6) is 1.42. The minimum Gasteiger partial charge on any atom is -0.454 e. The molecule has 5 N–H and O–H groups in total. The number of carbonyl (C=O) groups excluding carboxylic acids is 1. The number of fused-ring (bicyclic) bond motifs is 2. The van der Waals surface area contributed by atoms with Crippen molar-refractivity contribution >= 4 is 39.5 Å². The molecule has 0 spiro atoms. The number of allylic oxidation sites excluding steroid dienone is 4. The summed E-state index contributed by atoms with van der Waals surface area (Å²) in [6.45, 7) is 4.21. The second kappa shape index (κ2) is 13.4. The van der Waals surface area contributed by atoms with Crippen molar-refractivity contribution < 1.29 is 14.3 Å². The molecule has 174 valence electrons. The highest BCUT2D eigenvalue weighted by Crippen LogP contribution is 2.30. The molecular weight excluding hydrogens is 428 g/mol. The molecule has 9 nitrogen and oxygen atoms in total. The van der Waals surface area contributed by atoms with Crippen LogP contribution >= 0.6 is 11.3 Å². The topological polar surface area (TPSA) is 140 Å². The van der Waals surface area contributed by atoms with E-state index in [9.17, 15) is 4.79 Å². The highest BCUT2D eigenvalue weighted by atomic mass is 32.1. The van der Waals surface area contributed by atoms with E-state index < -0.39 is 0 Å². The van der Waals surface area contributed by atoms with Gasteiger partial charge in [-0.2, -0.15) is 0 Å². The van der Waals surface area contributed by atoms with Crippen LogP contribution < -0.4 is 11.5 Å². The van der Waals surface area contributed by atoms with Crippen LogP contribution in [0.2, 0.25) is 0 Å². The van der Waals surface area contributed by atoms with Crippen molar-refractivity contribution in [2.75, 3.05) is 40.7 Å². The van der Waals surface area contributed by atoms with Gasteiger partial charge in [0, 0.05) is 5.39 Å².